The number of nitrogens with one attached hydrogen (secondary N) is 2. The minimum Gasteiger partial charge on any atom is -0.356 e. The fourth-order valence-corrected chi connectivity index (χ4v) is 11.1. The molecular weight excluding hydrogens is 1100 g/mol. The van der Waals surface area contributed by atoms with Gasteiger partial charge in [-0.2, -0.15) is 0 Å². The highest BCUT2D eigenvalue weighted by Gasteiger charge is 2.34. The Bertz CT molecular complexity index is 2220. The van der Waals surface area contributed by atoms with Crippen molar-refractivity contribution in [3.8, 4) is 0 Å². The molecule has 0 bridgehead atoms. The smallest absolute Gasteiger partial charge is 0.334 e. The van der Waals surface area contributed by atoms with Gasteiger partial charge in [-0.15, -0.1) is 15.2 Å². The van der Waals surface area contributed by atoms with Gasteiger partial charge >= 0.3 is 18.4 Å². The van der Waals surface area contributed by atoms with E-state index in [1.165, 1.54) is 32.4 Å². The average molecular weight is 1160 g/mol. The van der Waals surface area contributed by atoms with Crippen molar-refractivity contribution < 1.29 is 72.0 Å². The van der Waals surface area contributed by atoms with Crippen molar-refractivity contribution in [3.05, 3.63) is 73.2 Å². The van der Waals surface area contributed by atoms with Gasteiger partial charge in [0.1, 0.15) is 20.9 Å². The van der Waals surface area contributed by atoms with Gasteiger partial charge in [-0.25, -0.2) is 24.5 Å². The molecule has 3 aliphatic heterocycles. The van der Waals surface area contributed by atoms with Crippen molar-refractivity contribution in [2.45, 2.75) is 105 Å². The van der Waals surface area contributed by atoms with Crippen LogP contribution in [0.15, 0.2) is 88.3 Å². The summed E-state index contributed by atoms with van der Waals surface area (Å²) in [5.41, 5.74) is 0. The number of carbonyl (C=O) groups is 12. The number of imide groups is 3. The van der Waals surface area contributed by atoms with Gasteiger partial charge in [0, 0.05) is 120 Å². The summed E-state index contributed by atoms with van der Waals surface area (Å²) in [5, 5.41) is 9.62. The lowest BCUT2D eigenvalue weighted by atomic mass is 10.1. The maximum atomic E-state index is 11.8. The number of amides is 8. The average Bonchev–Trinajstić information content (AvgIpc) is 4.03. The first-order valence-electron chi connectivity index (χ1n) is 23.0. The topological polar surface area (TPSA) is 305 Å². The predicted octanol–water partition coefficient (Wildman–Crippen LogP) is 5.46. The Labute approximate surface area is 455 Å². The van der Waals surface area contributed by atoms with Gasteiger partial charge in [0.15, 0.2) is 0 Å². The van der Waals surface area contributed by atoms with Crippen molar-refractivity contribution >= 4 is 136 Å². The predicted molar refractivity (Wildman–Crippen MR) is 279 cm³/mol. The molecule has 6 rings (SSSR count). The van der Waals surface area contributed by atoms with Crippen molar-refractivity contribution in [1.29, 1.82) is 0 Å². The maximum absolute atomic E-state index is 11.8. The van der Waals surface area contributed by atoms with Crippen LogP contribution in [-0.4, -0.2) is 132 Å². The number of ketones is 1. The standard InChI is InChI=1S/C16H18N2O5S2.C15H17N3O5S2.C10H14N2OS2.C5H5NO4/c19-12(9-11-24-25-13-5-1-2-10-17-13)4-3-6-16(22)23-18-14(20)7-8-15(18)21;19-11(7-10-24-25-12-3-1-2-8-17-12)16-9-6-15(22)23-18-13(20)4-5-14(18)21;1-2-11-9(13)6-8-14-15-10-5-3-4-7-12-10;7-3-10-6-4(8)1-2-5(6)9/h1-2,5,10H,3-4,6-9,11H2;1-3,8H,4-7,9-10H2,(H,16,19);3-5,7H,2,6,8H2,1H3,(H,11,13);3H,1-2H2/i;15+1,16+1;1+1,2+1,11+1;3+1. The first kappa shape index (κ1) is 63.3. The Hall–Kier alpha value is -6.01. The van der Waals surface area contributed by atoms with Crippen molar-refractivity contribution in [2.75, 3.05) is 30.3 Å². The first-order valence-corrected chi connectivity index (χ1v) is 29.9. The van der Waals surface area contributed by atoms with Gasteiger partial charge in [-0.3, -0.25) is 47.9 Å². The van der Waals surface area contributed by atoms with Gasteiger partial charge in [-0.05, 0) is 82.1 Å². The molecule has 8 amide bonds. The van der Waals surface area contributed by atoms with Crippen LogP contribution in [0, 0.1) is 0 Å². The first-order chi connectivity index (χ1) is 36.2. The zero-order chi connectivity index (χ0) is 54.6. The van der Waals surface area contributed by atoms with E-state index in [0.717, 1.165) is 20.8 Å². The van der Waals surface area contributed by atoms with Crippen LogP contribution < -0.4 is 10.6 Å². The summed E-state index contributed by atoms with van der Waals surface area (Å²) in [6.45, 7) is 2.78. The monoisotopic (exact) mass is 1160 g/mol. The molecule has 0 radical (unpaired) electrons. The van der Waals surface area contributed by atoms with Crippen molar-refractivity contribution in [3.63, 3.8) is 0 Å². The van der Waals surface area contributed by atoms with Crippen LogP contribution in [0.25, 0.3) is 0 Å². The zero-order valence-corrected chi connectivity index (χ0v) is 45.4. The summed E-state index contributed by atoms with van der Waals surface area (Å²) in [5.74, 6) is -2.29. The van der Waals surface area contributed by atoms with Crippen LogP contribution in [0.4, 0.5) is 0 Å². The number of hydrogen-bond donors (Lipinski definition) is 2. The second-order valence-corrected chi connectivity index (χ2v) is 22.1. The quantitative estimate of drug-likeness (QED) is 0.0239. The third kappa shape index (κ3) is 27.4. The zero-order valence-electron chi connectivity index (χ0n) is 40.5. The number of pyridine rings is 3. The molecule has 0 atom stereocenters. The van der Waals surface area contributed by atoms with Gasteiger partial charge in [0.2, 0.25) is 11.8 Å². The second kappa shape index (κ2) is 37.7. The molecule has 3 saturated heterocycles. The normalized spacial score (nSPS) is 13.6. The van der Waals surface area contributed by atoms with Crippen molar-refractivity contribution in [2.24, 2.45) is 0 Å². The molecule has 0 spiro atoms. The molecule has 0 saturated carbocycles. The minimum absolute atomic E-state index is 0.00136. The number of Topliss-reactive ketones (excluding diaryl/α,β-unsaturated/α-hetero) is 1. The Morgan fingerprint density at radius 1 is 0.520 bits per heavy atom. The largest absolute Gasteiger partial charge is 0.356 e. The molecule has 3 aliphatic rings. The summed E-state index contributed by atoms with van der Waals surface area (Å²) in [4.78, 5) is 160. The van der Waals surface area contributed by atoms with E-state index < -0.39 is 47.4 Å². The second-order valence-electron chi connectivity index (χ2n) is 14.8. The number of rotatable bonds is 27. The van der Waals surface area contributed by atoms with Crippen LogP contribution in [0.3, 0.4) is 0 Å². The van der Waals surface area contributed by atoms with Crippen LogP contribution in [0.1, 0.15) is 90.4 Å². The number of hydrogen-bond acceptors (Lipinski definition) is 24. The van der Waals surface area contributed by atoms with E-state index in [1.807, 2.05) is 61.5 Å². The third-order valence-electron chi connectivity index (χ3n) is 9.05. The molecule has 3 aromatic rings. The number of aromatic nitrogens is 3. The lowest BCUT2D eigenvalue weighted by molar-refractivity contribution is -0.197. The van der Waals surface area contributed by atoms with E-state index in [1.54, 1.807) is 51.0 Å². The Morgan fingerprint density at radius 2 is 0.907 bits per heavy atom. The van der Waals surface area contributed by atoms with Gasteiger partial charge in [-0.1, -0.05) is 50.6 Å². The number of nitrogens with zero attached hydrogens (tertiary/aromatic N) is 6. The van der Waals surface area contributed by atoms with E-state index in [4.69, 9.17) is 9.68 Å². The molecule has 0 unspecified atom stereocenters. The van der Waals surface area contributed by atoms with E-state index in [2.05, 4.69) is 30.4 Å². The van der Waals surface area contributed by atoms with E-state index in [9.17, 15) is 57.5 Å². The summed E-state index contributed by atoms with van der Waals surface area (Å²) >= 11 is 0. The lowest BCUT2D eigenvalue weighted by Gasteiger charge is -2.12. The summed E-state index contributed by atoms with van der Waals surface area (Å²) in [6.07, 6.45) is 7.49. The molecule has 0 aromatic carbocycles. The molecule has 29 heteroatoms. The third-order valence-corrected chi connectivity index (χ3v) is 15.8. The van der Waals surface area contributed by atoms with Crippen LogP contribution >= 0.6 is 64.8 Å². The summed E-state index contributed by atoms with van der Waals surface area (Å²) in [6, 6.07) is 17.1. The van der Waals surface area contributed by atoms with E-state index in [0.29, 0.717) is 58.9 Å². The molecule has 6 heterocycles. The molecule has 404 valence electrons. The SMILES string of the molecule is O=C(CCCC(=O)ON1C(=O)CCC1=O)CCSSc1ccccn1.O=C(CCSSc1ccccn1)[15NH]CC[13C](=O)ON1C(=O)CCC1=O.O=[13CH]ON1C(=O)CCC1=O.[13CH3][13CH2][15NH]C(=O)CCSSc1ccccn1. The molecule has 3 fully saturated rings. The van der Waals surface area contributed by atoms with Crippen LogP contribution in [-0.2, 0) is 72.0 Å². The highest BCUT2D eigenvalue weighted by atomic mass is 33.1. The maximum Gasteiger partial charge on any atom is 0.334 e. The highest BCUT2D eigenvalue weighted by Crippen LogP contribution is 2.31. The molecule has 0 aliphatic carbocycles. The highest BCUT2D eigenvalue weighted by molar-refractivity contribution is 8.77. The Morgan fingerprint density at radius 3 is 1.29 bits per heavy atom. The molecule has 23 nitrogen and oxygen atoms in total. The Balaban J connectivity index is 0.000000278. The van der Waals surface area contributed by atoms with E-state index in [-0.39, 0.29) is 88.4 Å². The fraction of sp³-hybridized carbons (Fsp3) is 0.413. The fourth-order valence-electron chi connectivity index (χ4n) is 5.48. The Kier molecular flexibility index (Phi) is 31.8. The minimum atomic E-state index is -0.732. The lowest BCUT2D eigenvalue weighted by Crippen LogP contribution is -2.33. The summed E-state index contributed by atoms with van der Waals surface area (Å²) in [7, 11) is 9.34. The molecule has 3 aromatic heterocycles. The molecular formula is C46H54N8O15S6. The van der Waals surface area contributed by atoms with Crippen LogP contribution in [0.2, 0.25) is 0 Å². The molecule has 2 N–H and O–H groups in total. The number of carbonyl (C=O) groups excluding carboxylic acids is 12. The van der Waals surface area contributed by atoms with Gasteiger partial charge < -0.3 is 25.1 Å². The van der Waals surface area contributed by atoms with Gasteiger partial charge in [0.25, 0.3) is 35.4 Å². The van der Waals surface area contributed by atoms with Crippen LogP contribution in [0.5, 0.6) is 0 Å². The molecule has 75 heavy (non-hydrogen) atoms. The van der Waals surface area contributed by atoms with E-state index >= 15 is 0 Å². The summed E-state index contributed by atoms with van der Waals surface area (Å²) < 4.78 is 0. The van der Waals surface area contributed by atoms with Gasteiger partial charge in [0.05, 0.1) is 6.42 Å². The van der Waals surface area contributed by atoms with Crippen molar-refractivity contribution in [1.82, 2.24) is 40.8 Å². The number of hydroxylamine groups is 6.